The van der Waals surface area contributed by atoms with E-state index in [4.69, 9.17) is 0 Å². The summed E-state index contributed by atoms with van der Waals surface area (Å²) in [5.74, 6) is -0.964. The molecule has 0 bridgehead atoms. The number of carbonyl (C=O) groups excluding carboxylic acids is 1. The topological polar surface area (TPSA) is 68.0 Å². The number of carbonyl (C=O) groups is 1. The van der Waals surface area contributed by atoms with Crippen LogP contribution in [0.1, 0.15) is 12.8 Å². The van der Waals surface area contributed by atoms with Crippen LogP contribution in [0.2, 0.25) is 0 Å². The van der Waals surface area contributed by atoms with E-state index in [0.29, 0.717) is 6.08 Å². The molecule has 5 nitrogen and oxygen atoms in total. The van der Waals surface area contributed by atoms with E-state index in [9.17, 15) is 18.0 Å². The first-order chi connectivity index (χ1) is 7.29. The van der Waals surface area contributed by atoms with Crippen LogP contribution in [-0.2, 0) is 4.79 Å². The van der Waals surface area contributed by atoms with E-state index in [1.165, 1.54) is 6.92 Å². The van der Waals surface area contributed by atoms with Gasteiger partial charge in [0.15, 0.2) is 5.78 Å². The van der Waals surface area contributed by atoms with Gasteiger partial charge < -0.3 is 9.84 Å². The number of rotatable bonds is 3. The van der Waals surface area contributed by atoms with Gasteiger partial charge in [-0.2, -0.15) is 18.2 Å². The lowest BCUT2D eigenvalue weighted by Gasteiger charge is -2.10. The van der Waals surface area contributed by atoms with Crippen molar-refractivity contribution in [2.75, 3.05) is 5.32 Å². The molecule has 0 fully saturated rings. The summed E-state index contributed by atoms with van der Waals surface area (Å²) in [4.78, 5) is 14.1. The summed E-state index contributed by atoms with van der Waals surface area (Å²) in [6, 6.07) is 0. The highest BCUT2D eigenvalue weighted by Gasteiger charge is 2.35. The summed E-state index contributed by atoms with van der Waals surface area (Å²) in [5.41, 5.74) is -1.24. The number of ketones is 1. The Morgan fingerprint density at radius 2 is 2.12 bits per heavy atom. The zero-order valence-electron chi connectivity index (χ0n) is 8.42. The molecule has 1 rings (SSSR count). The van der Waals surface area contributed by atoms with E-state index in [1.54, 1.807) is 0 Å². The third-order valence-electron chi connectivity index (χ3n) is 1.43. The molecule has 1 heterocycles. The SMILES string of the molecule is CC(=O)/C=C(\Nc1noc(C)n1)C(F)(F)F. The fraction of sp³-hybridized carbons (Fsp3) is 0.375. The van der Waals surface area contributed by atoms with Gasteiger partial charge in [0.2, 0.25) is 5.89 Å². The van der Waals surface area contributed by atoms with Crippen LogP contribution in [-0.4, -0.2) is 22.1 Å². The maximum atomic E-state index is 12.4. The molecule has 0 aliphatic rings. The lowest BCUT2D eigenvalue weighted by Crippen LogP contribution is -2.20. The van der Waals surface area contributed by atoms with Crippen LogP contribution in [0.15, 0.2) is 16.3 Å². The first kappa shape index (κ1) is 12.2. The Morgan fingerprint density at radius 1 is 1.50 bits per heavy atom. The Morgan fingerprint density at radius 3 is 2.50 bits per heavy atom. The summed E-state index contributed by atoms with van der Waals surface area (Å²) in [6.45, 7) is 2.44. The molecule has 0 aliphatic carbocycles. The van der Waals surface area contributed by atoms with Crippen LogP contribution < -0.4 is 5.32 Å². The minimum atomic E-state index is -4.68. The summed E-state index contributed by atoms with van der Waals surface area (Å²) in [6.07, 6.45) is -4.26. The predicted octanol–water partition coefficient (Wildman–Crippen LogP) is 1.83. The number of allylic oxidation sites excluding steroid dienone is 2. The average molecular weight is 235 g/mol. The van der Waals surface area contributed by atoms with Crippen LogP contribution in [0.25, 0.3) is 0 Å². The number of aromatic nitrogens is 2. The summed E-state index contributed by atoms with van der Waals surface area (Å²) >= 11 is 0. The lowest BCUT2D eigenvalue weighted by molar-refractivity contribution is -0.114. The second-order valence-electron chi connectivity index (χ2n) is 2.93. The Labute approximate surface area is 88.3 Å². The maximum Gasteiger partial charge on any atom is 0.431 e. The summed E-state index contributed by atoms with van der Waals surface area (Å²) in [5, 5.41) is 5.10. The lowest BCUT2D eigenvalue weighted by atomic mass is 10.3. The van der Waals surface area contributed by atoms with Crippen LogP contribution in [0, 0.1) is 6.92 Å². The van der Waals surface area contributed by atoms with E-state index in [-0.39, 0.29) is 11.8 Å². The highest BCUT2D eigenvalue weighted by Crippen LogP contribution is 2.26. The van der Waals surface area contributed by atoms with Gasteiger partial charge in [0, 0.05) is 13.0 Å². The quantitative estimate of drug-likeness (QED) is 0.809. The van der Waals surface area contributed by atoms with E-state index in [2.05, 4.69) is 14.7 Å². The Bertz CT molecular complexity index is 422. The Balaban J connectivity index is 2.92. The van der Waals surface area contributed by atoms with Gasteiger partial charge in [-0.1, -0.05) is 0 Å². The van der Waals surface area contributed by atoms with Crippen molar-refractivity contribution in [1.29, 1.82) is 0 Å². The van der Waals surface area contributed by atoms with Crippen molar-refractivity contribution in [3.63, 3.8) is 0 Å². The third kappa shape index (κ3) is 3.37. The van der Waals surface area contributed by atoms with Crippen molar-refractivity contribution in [1.82, 2.24) is 10.1 Å². The van der Waals surface area contributed by atoms with Crippen LogP contribution in [0.3, 0.4) is 0 Å². The zero-order chi connectivity index (χ0) is 12.3. The summed E-state index contributed by atoms with van der Waals surface area (Å²) in [7, 11) is 0. The normalized spacial score (nSPS) is 12.7. The van der Waals surface area contributed by atoms with Gasteiger partial charge >= 0.3 is 6.18 Å². The second-order valence-corrected chi connectivity index (χ2v) is 2.93. The van der Waals surface area contributed by atoms with Gasteiger partial charge in [-0.3, -0.25) is 4.79 Å². The highest BCUT2D eigenvalue weighted by atomic mass is 19.4. The number of alkyl halides is 3. The van der Waals surface area contributed by atoms with Crippen LogP contribution in [0.4, 0.5) is 19.1 Å². The smallest absolute Gasteiger partial charge is 0.338 e. The molecule has 8 heteroatoms. The molecule has 1 N–H and O–H groups in total. The first-order valence-corrected chi connectivity index (χ1v) is 4.16. The Hall–Kier alpha value is -1.86. The van der Waals surface area contributed by atoms with Gasteiger partial charge in [0.25, 0.3) is 5.95 Å². The van der Waals surface area contributed by atoms with Crippen molar-refractivity contribution < 1.29 is 22.5 Å². The molecule has 1 aromatic rings. The largest absolute Gasteiger partial charge is 0.431 e. The second kappa shape index (κ2) is 4.33. The number of hydrogen-bond donors (Lipinski definition) is 1. The molecule has 0 amide bonds. The molecule has 0 unspecified atom stereocenters. The van der Waals surface area contributed by atoms with Gasteiger partial charge in [0.1, 0.15) is 5.70 Å². The predicted molar refractivity (Wildman–Crippen MR) is 47.5 cm³/mol. The van der Waals surface area contributed by atoms with Gasteiger partial charge in [0.05, 0.1) is 0 Å². The fourth-order valence-electron chi connectivity index (χ4n) is 0.863. The molecule has 0 spiro atoms. The van der Waals surface area contributed by atoms with Crippen molar-refractivity contribution in [3.05, 3.63) is 17.7 Å². The molecule has 0 saturated carbocycles. The van der Waals surface area contributed by atoms with E-state index in [1.807, 2.05) is 5.32 Å². The zero-order valence-corrected chi connectivity index (χ0v) is 8.42. The van der Waals surface area contributed by atoms with E-state index < -0.39 is 17.7 Å². The van der Waals surface area contributed by atoms with Crippen molar-refractivity contribution in [2.45, 2.75) is 20.0 Å². The number of anilines is 1. The molecule has 1 aromatic heterocycles. The minimum Gasteiger partial charge on any atom is -0.338 e. The van der Waals surface area contributed by atoms with E-state index >= 15 is 0 Å². The molecule has 0 atom stereocenters. The molecule has 0 radical (unpaired) electrons. The van der Waals surface area contributed by atoms with Crippen LogP contribution in [0.5, 0.6) is 0 Å². The number of hydrogen-bond acceptors (Lipinski definition) is 5. The van der Waals surface area contributed by atoms with Gasteiger partial charge in [-0.25, -0.2) is 0 Å². The molecule has 88 valence electrons. The molecular weight excluding hydrogens is 227 g/mol. The number of nitrogens with zero attached hydrogens (tertiary/aromatic N) is 2. The molecule has 0 aromatic carbocycles. The standard InChI is InChI=1S/C8H8F3N3O2/c1-4(15)3-6(8(9,10)11)13-7-12-5(2)16-14-7/h3H,1-2H3,(H,13,14)/b6-3-. The van der Waals surface area contributed by atoms with Crippen LogP contribution >= 0.6 is 0 Å². The van der Waals surface area contributed by atoms with Gasteiger partial charge in [-0.05, 0) is 12.1 Å². The van der Waals surface area contributed by atoms with Crippen molar-refractivity contribution >= 4 is 11.7 Å². The molecule has 0 saturated heterocycles. The highest BCUT2D eigenvalue weighted by molar-refractivity contribution is 5.88. The molecule has 0 aliphatic heterocycles. The molecule has 16 heavy (non-hydrogen) atoms. The third-order valence-corrected chi connectivity index (χ3v) is 1.43. The summed E-state index contributed by atoms with van der Waals surface area (Å²) < 4.78 is 41.7. The van der Waals surface area contributed by atoms with Crippen molar-refractivity contribution in [2.24, 2.45) is 0 Å². The Kier molecular flexibility index (Phi) is 3.31. The average Bonchev–Trinajstić information content (AvgIpc) is 2.47. The minimum absolute atomic E-state index is 0.117. The number of halogens is 3. The fourth-order valence-corrected chi connectivity index (χ4v) is 0.863. The van der Waals surface area contributed by atoms with E-state index in [0.717, 1.165) is 6.92 Å². The van der Waals surface area contributed by atoms with Gasteiger partial charge in [-0.15, -0.1) is 0 Å². The molecular formula is C8H8F3N3O2. The first-order valence-electron chi connectivity index (χ1n) is 4.16. The number of aryl methyl sites for hydroxylation is 1. The maximum absolute atomic E-state index is 12.4. The number of nitrogens with one attached hydrogen (secondary N) is 1. The monoisotopic (exact) mass is 235 g/mol. The van der Waals surface area contributed by atoms with Crippen molar-refractivity contribution in [3.8, 4) is 0 Å².